The highest BCUT2D eigenvalue weighted by molar-refractivity contribution is 8.00. The fourth-order valence-electron chi connectivity index (χ4n) is 1.36. The molecule has 0 spiro atoms. The van der Waals surface area contributed by atoms with Crippen molar-refractivity contribution in [2.75, 3.05) is 18.8 Å². The van der Waals surface area contributed by atoms with E-state index in [4.69, 9.17) is 0 Å². The maximum Gasteiger partial charge on any atom is 0.314 e. The van der Waals surface area contributed by atoms with Crippen LogP contribution in [0.5, 0.6) is 0 Å². The largest absolute Gasteiger partial charge is 0.387 e. The Hall–Kier alpha value is -0.720. The number of aliphatic hydroxyl groups excluding tert-OH is 1. The lowest BCUT2D eigenvalue weighted by Gasteiger charge is -2.17. The third-order valence-electron chi connectivity index (χ3n) is 2.31. The highest BCUT2D eigenvalue weighted by Crippen LogP contribution is 2.21. The standard InChI is InChI=1S/C13H22N2O2S2/c1-13(2,3)19-7-5-14-12(17)15-8-11(16)10-4-6-18-9-10/h4,6,9,11,16H,5,7-8H2,1-3H3,(H2,14,15,17)/t11-/m0/s1. The molecule has 1 rings (SSSR count). The number of thioether (sulfide) groups is 1. The molecule has 108 valence electrons. The summed E-state index contributed by atoms with van der Waals surface area (Å²) in [6.45, 7) is 7.30. The van der Waals surface area contributed by atoms with Gasteiger partial charge in [0.15, 0.2) is 0 Å². The summed E-state index contributed by atoms with van der Waals surface area (Å²) in [5.41, 5.74) is 0.841. The Kier molecular flexibility index (Phi) is 6.68. The van der Waals surface area contributed by atoms with Gasteiger partial charge in [0.2, 0.25) is 0 Å². The zero-order valence-corrected chi connectivity index (χ0v) is 13.2. The van der Waals surface area contributed by atoms with Crippen LogP contribution in [0.2, 0.25) is 0 Å². The molecule has 1 heterocycles. The van der Waals surface area contributed by atoms with E-state index in [1.165, 1.54) is 11.3 Å². The van der Waals surface area contributed by atoms with Gasteiger partial charge in [0, 0.05) is 23.6 Å². The van der Waals surface area contributed by atoms with Crippen molar-refractivity contribution in [2.24, 2.45) is 0 Å². The van der Waals surface area contributed by atoms with Crippen LogP contribution in [0.15, 0.2) is 16.8 Å². The van der Waals surface area contributed by atoms with Gasteiger partial charge in [0.05, 0.1) is 6.10 Å². The Bertz CT molecular complexity index is 374. The molecule has 0 saturated heterocycles. The van der Waals surface area contributed by atoms with Crippen LogP contribution in [0.1, 0.15) is 32.4 Å². The van der Waals surface area contributed by atoms with Crippen molar-refractivity contribution in [2.45, 2.75) is 31.6 Å². The number of carbonyl (C=O) groups excluding carboxylic acids is 1. The van der Waals surface area contributed by atoms with Gasteiger partial charge in [-0.05, 0) is 22.4 Å². The summed E-state index contributed by atoms with van der Waals surface area (Å²) in [6, 6.07) is 1.62. The molecule has 0 aromatic carbocycles. The molecule has 0 unspecified atom stereocenters. The summed E-state index contributed by atoms with van der Waals surface area (Å²) in [6.07, 6.45) is -0.638. The quantitative estimate of drug-likeness (QED) is 0.708. The number of carbonyl (C=O) groups is 1. The van der Waals surface area contributed by atoms with Crippen LogP contribution >= 0.6 is 23.1 Å². The third kappa shape index (κ3) is 7.44. The smallest absolute Gasteiger partial charge is 0.314 e. The fourth-order valence-corrected chi connectivity index (χ4v) is 2.88. The minimum absolute atomic E-state index is 0.216. The van der Waals surface area contributed by atoms with E-state index in [-0.39, 0.29) is 17.3 Å². The lowest BCUT2D eigenvalue weighted by atomic mass is 10.2. The number of nitrogens with one attached hydrogen (secondary N) is 2. The first-order valence-corrected chi connectivity index (χ1v) is 8.17. The second-order valence-corrected chi connectivity index (χ2v) is 7.87. The minimum Gasteiger partial charge on any atom is -0.387 e. The fraction of sp³-hybridized carbons (Fsp3) is 0.615. The van der Waals surface area contributed by atoms with Crippen molar-refractivity contribution in [1.29, 1.82) is 0 Å². The molecule has 1 atom stereocenters. The summed E-state index contributed by atoms with van der Waals surface area (Å²) >= 11 is 3.34. The number of rotatable bonds is 6. The molecule has 0 aliphatic heterocycles. The first kappa shape index (κ1) is 16.3. The zero-order chi connectivity index (χ0) is 14.3. The molecule has 1 aromatic heterocycles. The highest BCUT2D eigenvalue weighted by atomic mass is 32.2. The number of aliphatic hydroxyl groups is 1. The second kappa shape index (κ2) is 7.77. The number of urea groups is 1. The van der Waals surface area contributed by atoms with Crippen LogP contribution in [0.25, 0.3) is 0 Å². The van der Waals surface area contributed by atoms with Gasteiger partial charge in [-0.1, -0.05) is 20.8 Å². The average Bonchev–Trinajstić information content (AvgIpc) is 2.84. The van der Waals surface area contributed by atoms with Crippen molar-refractivity contribution >= 4 is 29.1 Å². The first-order chi connectivity index (χ1) is 8.88. The van der Waals surface area contributed by atoms with Crippen LogP contribution in [0, 0.1) is 0 Å². The molecule has 0 aliphatic rings. The topological polar surface area (TPSA) is 61.4 Å². The maximum atomic E-state index is 11.5. The average molecular weight is 302 g/mol. The van der Waals surface area contributed by atoms with Gasteiger partial charge in [0.1, 0.15) is 0 Å². The monoisotopic (exact) mass is 302 g/mol. The number of amides is 2. The predicted octanol–water partition coefficient (Wildman–Crippen LogP) is 2.61. The molecular formula is C13H22N2O2S2. The number of hydrogen-bond acceptors (Lipinski definition) is 4. The Morgan fingerprint density at radius 2 is 2.21 bits per heavy atom. The zero-order valence-electron chi connectivity index (χ0n) is 11.6. The molecular weight excluding hydrogens is 280 g/mol. The van der Waals surface area contributed by atoms with Crippen LogP contribution in [-0.2, 0) is 0 Å². The predicted molar refractivity (Wildman–Crippen MR) is 82.9 cm³/mol. The molecule has 0 bridgehead atoms. The first-order valence-electron chi connectivity index (χ1n) is 6.24. The summed E-state index contributed by atoms with van der Waals surface area (Å²) in [4.78, 5) is 11.5. The lowest BCUT2D eigenvalue weighted by molar-refractivity contribution is 0.173. The Morgan fingerprint density at radius 1 is 1.47 bits per heavy atom. The lowest BCUT2D eigenvalue weighted by Crippen LogP contribution is -2.39. The van der Waals surface area contributed by atoms with Gasteiger partial charge in [0.25, 0.3) is 0 Å². The highest BCUT2D eigenvalue weighted by Gasteiger charge is 2.11. The van der Waals surface area contributed by atoms with Crippen LogP contribution in [0.3, 0.4) is 0 Å². The maximum absolute atomic E-state index is 11.5. The normalized spacial score (nSPS) is 13.1. The minimum atomic E-state index is -0.638. The van der Waals surface area contributed by atoms with E-state index >= 15 is 0 Å². The van der Waals surface area contributed by atoms with E-state index < -0.39 is 6.10 Å². The van der Waals surface area contributed by atoms with Crippen LogP contribution in [0.4, 0.5) is 4.79 Å². The second-order valence-electron chi connectivity index (χ2n) is 5.17. The van der Waals surface area contributed by atoms with Gasteiger partial charge in [-0.25, -0.2) is 4.79 Å². The van der Waals surface area contributed by atoms with Gasteiger partial charge < -0.3 is 15.7 Å². The van der Waals surface area contributed by atoms with E-state index in [2.05, 4.69) is 31.4 Å². The Balaban J connectivity index is 2.11. The summed E-state index contributed by atoms with van der Waals surface area (Å²) in [7, 11) is 0. The Morgan fingerprint density at radius 3 is 2.79 bits per heavy atom. The van der Waals surface area contributed by atoms with Crippen molar-refractivity contribution in [1.82, 2.24) is 10.6 Å². The van der Waals surface area contributed by atoms with Gasteiger partial charge in [-0.15, -0.1) is 0 Å². The van der Waals surface area contributed by atoms with Crippen molar-refractivity contribution in [3.05, 3.63) is 22.4 Å². The summed E-state index contributed by atoms with van der Waals surface area (Å²) < 4.78 is 0.216. The van der Waals surface area contributed by atoms with E-state index in [0.29, 0.717) is 6.54 Å². The van der Waals surface area contributed by atoms with E-state index in [1.54, 1.807) is 0 Å². The molecule has 1 aromatic rings. The van der Waals surface area contributed by atoms with Crippen molar-refractivity contribution < 1.29 is 9.90 Å². The number of hydrogen-bond donors (Lipinski definition) is 3. The molecule has 6 heteroatoms. The van der Waals surface area contributed by atoms with Crippen LogP contribution in [-0.4, -0.2) is 34.7 Å². The number of thiophene rings is 1. The summed E-state index contributed by atoms with van der Waals surface area (Å²) in [5, 5.41) is 19.0. The molecule has 0 aliphatic carbocycles. The van der Waals surface area contributed by atoms with E-state index in [9.17, 15) is 9.90 Å². The molecule has 3 N–H and O–H groups in total. The van der Waals surface area contributed by atoms with Crippen LogP contribution < -0.4 is 10.6 Å². The molecule has 2 amide bonds. The molecule has 0 fully saturated rings. The molecule has 0 saturated carbocycles. The van der Waals surface area contributed by atoms with E-state index in [0.717, 1.165) is 11.3 Å². The summed E-state index contributed by atoms with van der Waals surface area (Å²) in [5.74, 6) is 0.879. The van der Waals surface area contributed by atoms with Crippen molar-refractivity contribution in [3.63, 3.8) is 0 Å². The third-order valence-corrected chi connectivity index (χ3v) is 4.28. The van der Waals surface area contributed by atoms with E-state index in [1.807, 2.05) is 28.6 Å². The van der Waals surface area contributed by atoms with Crippen molar-refractivity contribution in [3.8, 4) is 0 Å². The van der Waals surface area contributed by atoms with Gasteiger partial charge >= 0.3 is 6.03 Å². The Labute approximate surface area is 123 Å². The molecule has 4 nitrogen and oxygen atoms in total. The van der Waals surface area contributed by atoms with Gasteiger partial charge in [-0.2, -0.15) is 23.1 Å². The SMILES string of the molecule is CC(C)(C)SCCNC(=O)NC[C@H](O)c1ccsc1. The molecule has 0 radical (unpaired) electrons. The van der Waals surface area contributed by atoms with Gasteiger partial charge in [-0.3, -0.25) is 0 Å². The molecule has 19 heavy (non-hydrogen) atoms.